The summed E-state index contributed by atoms with van der Waals surface area (Å²) in [6, 6.07) is 7.54. The Kier molecular flexibility index (Phi) is 5.89. The number of aromatic nitrogens is 4. The van der Waals surface area contributed by atoms with Crippen molar-refractivity contribution in [2.24, 2.45) is 5.92 Å². The Balaban J connectivity index is 1.70. The molecule has 0 bridgehead atoms. The standard InChI is InChI=1S/C21H27N5O2S/c1-15(2)10-13-25-19(28)16-8-4-5-9-17(16)26-20(25)22-23-21(26)29-14-18(27)24-11-6-3-7-12-24/h4-5,8-9,15H,3,6-7,10-14H2,1-2H3. The van der Waals surface area contributed by atoms with Gasteiger partial charge >= 0.3 is 0 Å². The predicted molar refractivity (Wildman–Crippen MR) is 115 cm³/mol. The topological polar surface area (TPSA) is 72.5 Å². The lowest BCUT2D eigenvalue weighted by Gasteiger charge is -2.26. The third-order valence-electron chi connectivity index (χ3n) is 5.44. The van der Waals surface area contributed by atoms with Gasteiger partial charge in [0.05, 0.1) is 16.7 Å². The molecule has 1 saturated heterocycles. The first-order valence-electron chi connectivity index (χ1n) is 10.3. The number of aryl methyl sites for hydroxylation is 1. The predicted octanol–water partition coefficient (Wildman–Crippen LogP) is 3.19. The van der Waals surface area contributed by atoms with Crippen LogP contribution in [0, 0.1) is 5.92 Å². The number of thioether (sulfide) groups is 1. The van der Waals surface area contributed by atoms with Crippen LogP contribution in [-0.2, 0) is 11.3 Å². The van der Waals surface area contributed by atoms with Gasteiger partial charge in [0.2, 0.25) is 11.7 Å². The first-order chi connectivity index (χ1) is 14.1. The van der Waals surface area contributed by atoms with Crippen LogP contribution in [0.2, 0.25) is 0 Å². The number of nitrogens with zero attached hydrogens (tertiary/aromatic N) is 5. The van der Waals surface area contributed by atoms with Gasteiger partial charge in [-0.2, -0.15) is 0 Å². The van der Waals surface area contributed by atoms with Crippen LogP contribution in [0.5, 0.6) is 0 Å². The third kappa shape index (κ3) is 4.03. The van der Waals surface area contributed by atoms with Crippen molar-refractivity contribution in [3.63, 3.8) is 0 Å². The molecular formula is C21H27N5O2S. The number of carbonyl (C=O) groups excluding carboxylic acids is 1. The fraction of sp³-hybridized carbons (Fsp3) is 0.524. The van der Waals surface area contributed by atoms with Gasteiger partial charge in [0.25, 0.3) is 5.56 Å². The maximum Gasteiger partial charge on any atom is 0.262 e. The summed E-state index contributed by atoms with van der Waals surface area (Å²) in [4.78, 5) is 27.6. The quantitative estimate of drug-likeness (QED) is 0.580. The number of piperidine rings is 1. The van der Waals surface area contributed by atoms with Gasteiger partial charge in [-0.1, -0.05) is 37.7 Å². The largest absolute Gasteiger partial charge is 0.342 e. The van der Waals surface area contributed by atoms with Crippen molar-refractivity contribution in [2.75, 3.05) is 18.8 Å². The van der Waals surface area contributed by atoms with Gasteiger partial charge in [0.1, 0.15) is 0 Å². The lowest BCUT2D eigenvalue weighted by molar-refractivity contribution is -0.129. The molecule has 1 amide bonds. The molecule has 0 atom stereocenters. The number of fused-ring (bicyclic) bond motifs is 3. The van der Waals surface area contributed by atoms with Crippen molar-refractivity contribution in [1.82, 2.24) is 24.1 Å². The zero-order valence-corrected chi connectivity index (χ0v) is 17.8. The highest BCUT2D eigenvalue weighted by molar-refractivity contribution is 7.99. The second-order valence-corrected chi connectivity index (χ2v) is 8.95. The van der Waals surface area contributed by atoms with E-state index in [1.54, 1.807) is 4.57 Å². The molecule has 3 aromatic rings. The minimum absolute atomic E-state index is 0.0397. The maximum absolute atomic E-state index is 13.1. The van der Waals surface area contributed by atoms with E-state index in [2.05, 4.69) is 24.0 Å². The zero-order valence-electron chi connectivity index (χ0n) is 17.0. The highest BCUT2D eigenvalue weighted by atomic mass is 32.2. The highest BCUT2D eigenvalue weighted by Crippen LogP contribution is 2.23. The summed E-state index contributed by atoms with van der Waals surface area (Å²) in [5, 5.41) is 9.96. The van der Waals surface area contributed by atoms with Crippen molar-refractivity contribution in [2.45, 2.75) is 51.2 Å². The Morgan fingerprint density at radius 1 is 1.14 bits per heavy atom. The Morgan fingerprint density at radius 2 is 1.90 bits per heavy atom. The van der Waals surface area contributed by atoms with Crippen LogP contribution in [-0.4, -0.2) is 48.8 Å². The van der Waals surface area contributed by atoms with Crippen LogP contribution in [0.25, 0.3) is 16.7 Å². The minimum atomic E-state index is -0.0397. The monoisotopic (exact) mass is 413 g/mol. The number of para-hydroxylation sites is 1. The Hall–Kier alpha value is -2.35. The van der Waals surface area contributed by atoms with Crippen molar-refractivity contribution in [1.29, 1.82) is 0 Å². The molecule has 4 rings (SSSR count). The van der Waals surface area contributed by atoms with E-state index in [0.717, 1.165) is 37.9 Å². The third-order valence-corrected chi connectivity index (χ3v) is 6.36. The van der Waals surface area contributed by atoms with Crippen LogP contribution >= 0.6 is 11.8 Å². The summed E-state index contributed by atoms with van der Waals surface area (Å²) in [7, 11) is 0. The van der Waals surface area contributed by atoms with Gasteiger partial charge in [-0.3, -0.25) is 18.6 Å². The van der Waals surface area contributed by atoms with Crippen molar-refractivity contribution in [3.8, 4) is 0 Å². The average Bonchev–Trinajstić information content (AvgIpc) is 3.16. The Bertz CT molecular complexity index is 1080. The van der Waals surface area contributed by atoms with Gasteiger partial charge in [0, 0.05) is 19.6 Å². The maximum atomic E-state index is 13.1. The molecule has 1 fully saturated rings. The van der Waals surface area contributed by atoms with E-state index in [4.69, 9.17) is 0 Å². The Morgan fingerprint density at radius 3 is 2.66 bits per heavy atom. The highest BCUT2D eigenvalue weighted by Gasteiger charge is 2.20. The first kappa shape index (κ1) is 19.9. The zero-order chi connectivity index (χ0) is 20.4. The SMILES string of the molecule is CC(C)CCn1c(=O)c2ccccc2n2c(SCC(=O)N3CCCCC3)nnc12. The van der Waals surface area contributed by atoms with Crippen molar-refractivity contribution < 1.29 is 4.79 Å². The molecule has 0 saturated carbocycles. The molecule has 0 radical (unpaired) electrons. The lowest BCUT2D eigenvalue weighted by Crippen LogP contribution is -2.36. The molecule has 1 aromatic carbocycles. The average molecular weight is 414 g/mol. The van der Waals surface area contributed by atoms with Gasteiger partial charge in [-0.25, -0.2) is 0 Å². The molecule has 29 heavy (non-hydrogen) atoms. The molecule has 154 valence electrons. The molecule has 0 aliphatic carbocycles. The lowest BCUT2D eigenvalue weighted by atomic mass is 10.1. The molecule has 8 heteroatoms. The summed E-state index contributed by atoms with van der Waals surface area (Å²) in [6.45, 7) is 6.57. The number of likely N-dealkylation sites (tertiary alicyclic amines) is 1. The molecule has 7 nitrogen and oxygen atoms in total. The first-order valence-corrected chi connectivity index (χ1v) is 11.3. The summed E-state index contributed by atoms with van der Waals surface area (Å²) < 4.78 is 3.64. The number of carbonyl (C=O) groups is 1. The summed E-state index contributed by atoms with van der Waals surface area (Å²) >= 11 is 1.39. The van der Waals surface area contributed by atoms with E-state index in [1.165, 1.54) is 18.2 Å². The van der Waals surface area contributed by atoms with Crippen molar-refractivity contribution >= 4 is 34.3 Å². The fourth-order valence-electron chi connectivity index (χ4n) is 3.78. The minimum Gasteiger partial charge on any atom is -0.342 e. The number of amides is 1. The molecule has 1 aliphatic heterocycles. The van der Waals surface area contributed by atoms with E-state index in [-0.39, 0.29) is 11.5 Å². The summed E-state index contributed by atoms with van der Waals surface area (Å²) in [6.07, 6.45) is 4.25. The molecule has 0 N–H and O–H groups in total. The van der Waals surface area contributed by atoms with Crippen molar-refractivity contribution in [3.05, 3.63) is 34.6 Å². The number of rotatable bonds is 6. The van der Waals surface area contributed by atoms with Crippen LogP contribution in [0.3, 0.4) is 0 Å². The normalized spacial score (nSPS) is 14.9. The molecule has 2 aromatic heterocycles. The van der Waals surface area contributed by atoms with Crippen LogP contribution in [0.1, 0.15) is 39.5 Å². The molecule has 0 spiro atoms. The van der Waals surface area contributed by atoms with Gasteiger partial charge in [0.15, 0.2) is 5.16 Å². The van der Waals surface area contributed by atoms with Crippen LogP contribution in [0.15, 0.2) is 34.2 Å². The molecule has 0 unspecified atom stereocenters. The number of hydrogen-bond donors (Lipinski definition) is 0. The van der Waals surface area contributed by atoms with Gasteiger partial charge < -0.3 is 4.90 Å². The smallest absolute Gasteiger partial charge is 0.262 e. The van der Waals surface area contributed by atoms with E-state index in [9.17, 15) is 9.59 Å². The second kappa shape index (κ2) is 8.57. The molecule has 3 heterocycles. The van der Waals surface area contributed by atoms with Gasteiger partial charge in [-0.15, -0.1) is 10.2 Å². The van der Waals surface area contributed by atoms with Crippen LogP contribution in [0.4, 0.5) is 0 Å². The van der Waals surface area contributed by atoms with E-state index < -0.39 is 0 Å². The van der Waals surface area contributed by atoms with E-state index >= 15 is 0 Å². The number of hydrogen-bond acceptors (Lipinski definition) is 5. The van der Waals surface area contributed by atoms with E-state index in [0.29, 0.717) is 34.5 Å². The molecular weight excluding hydrogens is 386 g/mol. The summed E-state index contributed by atoms with van der Waals surface area (Å²) in [5.41, 5.74) is 0.744. The second-order valence-electron chi connectivity index (χ2n) is 8.00. The fourth-order valence-corrected chi connectivity index (χ4v) is 4.62. The van der Waals surface area contributed by atoms with Crippen LogP contribution < -0.4 is 5.56 Å². The van der Waals surface area contributed by atoms with Gasteiger partial charge in [-0.05, 0) is 43.7 Å². The summed E-state index contributed by atoms with van der Waals surface area (Å²) in [5.74, 6) is 1.50. The van der Waals surface area contributed by atoms with E-state index in [1.807, 2.05) is 33.6 Å². The molecule has 1 aliphatic rings. The number of benzene rings is 1. The Labute approximate surface area is 174 Å².